The van der Waals surface area contributed by atoms with Crippen molar-refractivity contribution in [2.75, 3.05) is 31.1 Å². The molecule has 0 bridgehead atoms. The van der Waals surface area contributed by atoms with E-state index in [2.05, 4.69) is 5.32 Å². The van der Waals surface area contributed by atoms with Gasteiger partial charge >= 0.3 is 6.18 Å². The van der Waals surface area contributed by atoms with Gasteiger partial charge in [0.15, 0.2) is 0 Å². The first-order valence-corrected chi connectivity index (χ1v) is 8.32. The SMILES string of the molecule is Cl.NCCCNC(=O)C1CCN(c2ccc(C(F)(F)F)cc2[N+](=O)[O-])CC1. The van der Waals surface area contributed by atoms with E-state index in [4.69, 9.17) is 5.73 Å². The normalized spacial score (nSPS) is 15.2. The number of nitrogens with zero attached hydrogens (tertiary/aromatic N) is 2. The van der Waals surface area contributed by atoms with E-state index in [0.717, 1.165) is 12.1 Å². The quantitative estimate of drug-likeness (QED) is 0.426. The molecule has 0 spiro atoms. The van der Waals surface area contributed by atoms with Crippen molar-refractivity contribution in [1.29, 1.82) is 0 Å². The Hall–Kier alpha value is -2.07. The average Bonchev–Trinajstić information content (AvgIpc) is 2.60. The maximum Gasteiger partial charge on any atom is 0.416 e. The van der Waals surface area contributed by atoms with Crippen molar-refractivity contribution in [3.63, 3.8) is 0 Å². The van der Waals surface area contributed by atoms with Gasteiger partial charge in [0, 0.05) is 31.6 Å². The van der Waals surface area contributed by atoms with E-state index in [1.54, 1.807) is 4.90 Å². The van der Waals surface area contributed by atoms with E-state index in [1.165, 1.54) is 0 Å². The highest BCUT2D eigenvalue weighted by Crippen LogP contribution is 2.37. The van der Waals surface area contributed by atoms with Crippen molar-refractivity contribution in [3.8, 4) is 0 Å². The molecule has 152 valence electrons. The Bertz CT molecular complexity index is 665. The van der Waals surface area contributed by atoms with Crippen LogP contribution < -0.4 is 16.0 Å². The van der Waals surface area contributed by atoms with Crippen LogP contribution in [0.1, 0.15) is 24.8 Å². The predicted molar refractivity (Wildman–Crippen MR) is 97.0 cm³/mol. The highest BCUT2D eigenvalue weighted by molar-refractivity contribution is 5.85. The summed E-state index contributed by atoms with van der Waals surface area (Å²) < 4.78 is 38.4. The number of nitro benzene ring substituents is 1. The molecule has 1 heterocycles. The number of hydrogen-bond donors (Lipinski definition) is 2. The minimum absolute atomic E-state index is 0. The van der Waals surface area contributed by atoms with Gasteiger partial charge in [0.05, 0.1) is 10.5 Å². The zero-order valence-corrected chi connectivity index (χ0v) is 15.3. The molecule has 2 rings (SSSR count). The largest absolute Gasteiger partial charge is 0.416 e. The van der Waals surface area contributed by atoms with Crippen LogP contribution in [0.4, 0.5) is 24.5 Å². The highest BCUT2D eigenvalue weighted by Gasteiger charge is 2.34. The molecular weight excluding hydrogens is 389 g/mol. The summed E-state index contributed by atoms with van der Waals surface area (Å²) in [6, 6.07) is 2.53. The third kappa shape index (κ3) is 5.96. The number of hydrogen-bond acceptors (Lipinski definition) is 5. The molecule has 27 heavy (non-hydrogen) atoms. The Morgan fingerprint density at radius 3 is 2.48 bits per heavy atom. The number of piperidine rings is 1. The minimum atomic E-state index is -4.64. The van der Waals surface area contributed by atoms with Gasteiger partial charge in [-0.15, -0.1) is 12.4 Å². The summed E-state index contributed by atoms with van der Waals surface area (Å²) >= 11 is 0. The van der Waals surface area contributed by atoms with Crippen LogP contribution in [0.5, 0.6) is 0 Å². The number of amides is 1. The number of nitro groups is 1. The molecule has 0 radical (unpaired) electrons. The molecule has 0 atom stereocenters. The second-order valence-electron chi connectivity index (χ2n) is 6.15. The number of nitrogens with one attached hydrogen (secondary N) is 1. The fourth-order valence-electron chi connectivity index (χ4n) is 2.95. The molecule has 1 aliphatic heterocycles. The minimum Gasteiger partial charge on any atom is -0.366 e. The number of halogens is 4. The lowest BCUT2D eigenvalue weighted by molar-refractivity contribution is -0.384. The zero-order chi connectivity index (χ0) is 19.3. The number of carbonyl (C=O) groups is 1. The first-order chi connectivity index (χ1) is 12.2. The van der Waals surface area contributed by atoms with Gasteiger partial charge in [0.1, 0.15) is 5.69 Å². The lowest BCUT2D eigenvalue weighted by Gasteiger charge is -2.32. The molecular formula is C16H22ClF3N4O3. The van der Waals surface area contributed by atoms with Crippen molar-refractivity contribution in [3.05, 3.63) is 33.9 Å². The summed E-state index contributed by atoms with van der Waals surface area (Å²) in [4.78, 5) is 24.1. The molecule has 1 aromatic rings. The third-order valence-corrected chi connectivity index (χ3v) is 4.39. The molecule has 0 aromatic heterocycles. The first kappa shape index (κ1) is 23.0. The van der Waals surface area contributed by atoms with Crippen LogP contribution in [0, 0.1) is 16.0 Å². The molecule has 1 saturated heterocycles. The molecule has 0 unspecified atom stereocenters. The van der Waals surface area contributed by atoms with Crippen LogP contribution in [0.3, 0.4) is 0 Å². The van der Waals surface area contributed by atoms with Crippen molar-refractivity contribution < 1.29 is 22.9 Å². The number of nitrogens with two attached hydrogens (primary N) is 1. The van der Waals surface area contributed by atoms with Gasteiger partial charge < -0.3 is 16.0 Å². The van der Waals surface area contributed by atoms with Crippen LogP contribution in [0.2, 0.25) is 0 Å². The van der Waals surface area contributed by atoms with Crippen molar-refractivity contribution in [1.82, 2.24) is 5.32 Å². The van der Waals surface area contributed by atoms with Crippen LogP contribution in [-0.4, -0.2) is 37.0 Å². The molecule has 1 fully saturated rings. The van der Waals surface area contributed by atoms with Crippen LogP contribution in [-0.2, 0) is 11.0 Å². The van der Waals surface area contributed by atoms with Crippen molar-refractivity contribution >= 4 is 29.7 Å². The highest BCUT2D eigenvalue weighted by atomic mass is 35.5. The summed E-state index contributed by atoms with van der Waals surface area (Å²) in [5, 5.41) is 14.0. The first-order valence-electron chi connectivity index (χ1n) is 8.32. The maximum absolute atomic E-state index is 12.8. The monoisotopic (exact) mass is 410 g/mol. The summed E-state index contributed by atoms with van der Waals surface area (Å²) in [7, 11) is 0. The maximum atomic E-state index is 12.8. The summed E-state index contributed by atoms with van der Waals surface area (Å²) in [5.41, 5.74) is 3.88. The van der Waals surface area contributed by atoms with E-state index >= 15 is 0 Å². The van der Waals surface area contributed by atoms with E-state index in [-0.39, 0.29) is 29.9 Å². The molecule has 3 N–H and O–H groups in total. The number of benzene rings is 1. The molecule has 0 aliphatic carbocycles. The molecule has 7 nitrogen and oxygen atoms in total. The predicted octanol–water partition coefficient (Wildman–Crippen LogP) is 2.72. The number of alkyl halides is 3. The zero-order valence-electron chi connectivity index (χ0n) is 14.5. The Kier molecular flexibility index (Phi) is 8.29. The Morgan fingerprint density at radius 2 is 1.96 bits per heavy atom. The van der Waals surface area contributed by atoms with Gasteiger partial charge in [-0.2, -0.15) is 13.2 Å². The lowest BCUT2D eigenvalue weighted by atomic mass is 9.95. The summed E-state index contributed by atoms with van der Waals surface area (Å²) in [6.07, 6.45) is -3.00. The van der Waals surface area contributed by atoms with Crippen LogP contribution in [0.25, 0.3) is 0 Å². The van der Waals surface area contributed by atoms with Gasteiger partial charge in [-0.05, 0) is 37.9 Å². The second kappa shape index (κ2) is 9.75. The van der Waals surface area contributed by atoms with Crippen LogP contribution in [0.15, 0.2) is 18.2 Å². The topological polar surface area (TPSA) is 102 Å². The standard InChI is InChI=1S/C16H21F3N4O3.ClH/c17-16(18,19)12-2-3-13(14(10-12)23(25)26)22-8-4-11(5-9-22)15(24)21-7-1-6-20;/h2-3,10-11H,1,4-9,20H2,(H,21,24);1H. The van der Waals surface area contributed by atoms with E-state index in [1.807, 2.05) is 0 Å². The molecule has 0 saturated carbocycles. The summed E-state index contributed by atoms with van der Waals surface area (Å²) in [6.45, 7) is 1.71. The Balaban J connectivity index is 0.00000364. The average molecular weight is 411 g/mol. The number of rotatable bonds is 6. The fraction of sp³-hybridized carbons (Fsp3) is 0.562. The molecule has 1 amide bonds. The van der Waals surface area contributed by atoms with Crippen LogP contribution >= 0.6 is 12.4 Å². The Labute approximate surface area is 160 Å². The second-order valence-corrected chi connectivity index (χ2v) is 6.15. The van der Waals surface area contributed by atoms with Gasteiger partial charge in [-0.25, -0.2) is 0 Å². The molecule has 1 aromatic carbocycles. The molecule has 1 aliphatic rings. The van der Waals surface area contributed by atoms with Gasteiger partial charge in [0.2, 0.25) is 5.91 Å². The third-order valence-electron chi connectivity index (χ3n) is 4.39. The lowest BCUT2D eigenvalue weighted by Crippen LogP contribution is -2.41. The van der Waals surface area contributed by atoms with E-state index in [0.29, 0.717) is 51.5 Å². The van der Waals surface area contributed by atoms with Gasteiger partial charge in [-0.3, -0.25) is 14.9 Å². The smallest absolute Gasteiger partial charge is 0.366 e. The van der Waals surface area contributed by atoms with E-state index in [9.17, 15) is 28.1 Å². The van der Waals surface area contributed by atoms with Gasteiger partial charge in [0.25, 0.3) is 5.69 Å². The Morgan fingerprint density at radius 1 is 1.33 bits per heavy atom. The number of carbonyl (C=O) groups excluding carboxylic acids is 1. The fourth-order valence-corrected chi connectivity index (χ4v) is 2.95. The molecule has 11 heteroatoms. The van der Waals surface area contributed by atoms with E-state index < -0.39 is 22.4 Å². The summed E-state index contributed by atoms with van der Waals surface area (Å²) in [5.74, 6) is -0.294. The van der Waals surface area contributed by atoms with Crippen molar-refractivity contribution in [2.24, 2.45) is 11.7 Å². The van der Waals surface area contributed by atoms with Crippen molar-refractivity contribution in [2.45, 2.75) is 25.4 Å². The number of anilines is 1. The van der Waals surface area contributed by atoms with Gasteiger partial charge in [-0.1, -0.05) is 0 Å².